The molecule has 1 fully saturated rings. The highest BCUT2D eigenvalue weighted by Crippen LogP contribution is 2.30. The summed E-state index contributed by atoms with van der Waals surface area (Å²) in [6.45, 7) is 5.33. The van der Waals surface area contributed by atoms with Crippen molar-refractivity contribution in [2.75, 3.05) is 6.54 Å². The summed E-state index contributed by atoms with van der Waals surface area (Å²) in [6, 6.07) is 8.11. The highest BCUT2D eigenvalue weighted by atomic mass is 35.5. The molecule has 3 nitrogen and oxygen atoms in total. The molecule has 1 aromatic carbocycles. The van der Waals surface area contributed by atoms with Crippen LogP contribution in [-0.2, 0) is 11.3 Å². The zero-order valence-corrected chi connectivity index (χ0v) is 15.2. The van der Waals surface area contributed by atoms with Crippen LogP contribution in [0.4, 0.5) is 0 Å². The number of hydrogen-bond donors (Lipinski definition) is 0. The highest BCUT2D eigenvalue weighted by molar-refractivity contribution is 6.31. The molecule has 0 unspecified atom stereocenters. The number of benzene rings is 1. The summed E-state index contributed by atoms with van der Waals surface area (Å²) >= 11 is 6.34. The predicted octanol–water partition coefficient (Wildman–Crippen LogP) is 4.65. The van der Waals surface area contributed by atoms with Gasteiger partial charge in [0.2, 0.25) is 0 Å². The maximum absolute atomic E-state index is 13.1. The lowest BCUT2D eigenvalue weighted by Gasteiger charge is -2.36. The van der Waals surface area contributed by atoms with Gasteiger partial charge in [0.1, 0.15) is 0 Å². The topological polar surface area (TPSA) is 32.7 Å². The van der Waals surface area contributed by atoms with Crippen LogP contribution in [0.1, 0.15) is 45.1 Å². The summed E-state index contributed by atoms with van der Waals surface area (Å²) < 4.78 is 0. The first-order valence-corrected chi connectivity index (χ1v) is 9.18. The van der Waals surface area contributed by atoms with E-state index >= 15 is 0 Å². The van der Waals surface area contributed by atoms with Crippen LogP contribution in [0.15, 0.2) is 40.9 Å². The lowest BCUT2D eigenvalue weighted by atomic mass is 9.86. The van der Waals surface area contributed by atoms with Crippen molar-refractivity contribution < 1.29 is 4.79 Å². The van der Waals surface area contributed by atoms with Crippen molar-refractivity contribution in [2.24, 2.45) is 10.9 Å². The number of hydrogen-bond acceptors (Lipinski definition) is 2. The van der Waals surface area contributed by atoms with E-state index < -0.39 is 0 Å². The minimum atomic E-state index is 0.120. The average Bonchev–Trinajstić information content (AvgIpc) is 3.01. The number of carbonyl (C=O) groups excluding carboxylic acids is 1. The van der Waals surface area contributed by atoms with Crippen molar-refractivity contribution in [3.63, 3.8) is 0 Å². The third-order valence-electron chi connectivity index (χ3n) is 5.14. The monoisotopic (exact) mass is 344 g/mol. The van der Waals surface area contributed by atoms with Crippen molar-refractivity contribution in [3.05, 3.63) is 46.5 Å². The maximum Gasteiger partial charge on any atom is 0.252 e. The Balaban J connectivity index is 1.82. The fraction of sp³-hybridized carbons (Fsp3) is 0.500. The lowest BCUT2D eigenvalue weighted by molar-refractivity contribution is -0.131. The quantitative estimate of drug-likeness (QED) is 0.782. The fourth-order valence-corrected chi connectivity index (χ4v) is 3.79. The van der Waals surface area contributed by atoms with Gasteiger partial charge in [-0.15, -0.1) is 0 Å². The number of aliphatic imine (C=N–C) groups is 1. The van der Waals surface area contributed by atoms with E-state index in [1.54, 1.807) is 0 Å². The molecule has 2 aliphatic rings. The van der Waals surface area contributed by atoms with Crippen LogP contribution in [0, 0.1) is 5.92 Å². The van der Waals surface area contributed by atoms with E-state index in [1.807, 2.05) is 42.2 Å². The van der Waals surface area contributed by atoms with Gasteiger partial charge in [0.15, 0.2) is 0 Å². The summed E-state index contributed by atoms with van der Waals surface area (Å²) in [5.74, 6) is 0.880. The zero-order valence-electron chi connectivity index (χ0n) is 14.5. The Bertz CT molecular complexity index is 672. The second-order valence-corrected chi connectivity index (χ2v) is 7.47. The van der Waals surface area contributed by atoms with Crippen LogP contribution < -0.4 is 0 Å². The number of amides is 1. The Morgan fingerprint density at radius 3 is 2.58 bits per heavy atom. The van der Waals surface area contributed by atoms with Gasteiger partial charge in [-0.3, -0.25) is 9.79 Å². The van der Waals surface area contributed by atoms with Gasteiger partial charge in [0.25, 0.3) is 5.91 Å². The Morgan fingerprint density at radius 2 is 1.96 bits per heavy atom. The van der Waals surface area contributed by atoms with Crippen LogP contribution in [-0.4, -0.2) is 29.1 Å². The first kappa shape index (κ1) is 17.2. The van der Waals surface area contributed by atoms with Crippen LogP contribution in [0.25, 0.3) is 0 Å². The van der Waals surface area contributed by atoms with Gasteiger partial charge >= 0.3 is 0 Å². The number of allylic oxidation sites excluding steroid dienone is 1. The molecule has 0 bridgehead atoms. The van der Waals surface area contributed by atoms with Gasteiger partial charge in [-0.1, -0.05) is 36.7 Å². The first-order chi connectivity index (χ1) is 11.5. The van der Waals surface area contributed by atoms with E-state index in [2.05, 4.69) is 11.9 Å². The summed E-state index contributed by atoms with van der Waals surface area (Å²) in [5.41, 5.74) is 2.76. The second-order valence-electron chi connectivity index (χ2n) is 7.07. The molecule has 3 rings (SSSR count). The molecule has 0 spiro atoms. The fourth-order valence-electron chi connectivity index (χ4n) is 3.60. The molecule has 0 aromatic heterocycles. The molecular weight excluding hydrogens is 320 g/mol. The molecular formula is C20H25ClN2O. The van der Waals surface area contributed by atoms with Crippen molar-refractivity contribution >= 4 is 23.2 Å². The number of nitrogens with zero attached hydrogens (tertiary/aromatic N) is 2. The van der Waals surface area contributed by atoms with Crippen LogP contribution >= 0.6 is 11.6 Å². The molecule has 1 aliphatic carbocycles. The van der Waals surface area contributed by atoms with Crippen molar-refractivity contribution in [3.8, 4) is 0 Å². The van der Waals surface area contributed by atoms with E-state index in [9.17, 15) is 4.79 Å². The first-order valence-electron chi connectivity index (χ1n) is 8.80. The normalized spacial score (nSPS) is 23.6. The van der Waals surface area contributed by atoms with Crippen LogP contribution in [0.5, 0.6) is 0 Å². The molecule has 1 aromatic rings. The maximum atomic E-state index is 13.1. The van der Waals surface area contributed by atoms with Crippen LogP contribution in [0.3, 0.4) is 0 Å². The molecule has 0 saturated heterocycles. The molecule has 4 heteroatoms. The van der Waals surface area contributed by atoms with Gasteiger partial charge in [-0.25, -0.2) is 0 Å². The summed E-state index contributed by atoms with van der Waals surface area (Å²) in [7, 11) is 0. The molecule has 0 N–H and O–H groups in total. The van der Waals surface area contributed by atoms with Gasteiger partial charge in [-0.2, -0.15) is 0 Å². The number of halogens is 1. The van der Waals surface area contributed by atoms with Gasteiger partial charge in [-0.05, 0) is 56.2 Å². The van der Waals surface area contributed by atoms with E-state index in [4.69, 9.17) is 11.6 Å². The van der Waals surface area contributed by atoms with Gasteiger partial charge in [0.05, 0.1) is 6.54 Å². The van der Waals surface area contributed by atoms with Crippen molar-refractivity contribution in [1.29, 1.82) is 0 Å². The van der Waals surface area contributed by atoms with Gasteiger partial charge in [0, 0.05) is 28.9 Å². The largest absolute Gasteiger partial charge is 0.332 e. The molecule has 1 amide bonds. The Kier molecular flexibility index (Phi) is 5.40. The number of rotatable bonds is 4. The van der Waals surface area contributed by atoms with Gasteiger partial charge < -0.3 is 4.90 Å². The highest BCUT2D eigenvalue weighted by Gasteiger charge is 2.30. The summed E-state index contributed by atoms with van der Waals surface area (Å²) in [4.78, 5) is 19.5. The van der Waals surface area contributed by atoms with E-state index in [0.717, 1.165) is 40.6 Å². The molecule has 128 valence electrons. The average molecular weight is 345 g/mol. The SMILES string of the molecule is CC1=NCC(C(=O)N(Cc2ccccc2Cl)C2CCC(C)CC2)=C1. The Morgan fingerprint density at radius 1 is 1.25 bits per heavy atom. The van der Waals surface area contributed by atoms with Crippen molar-refractivity contribution in [1.82, 2.24) is 4.90 Å². The molecule has 24 heavy (non-hydrogen) atoms. The summed E-state index contributed by atoms with van der Waals surface area (Å²) in [6.07, 6.45) is 6.44. The predicted molar refractivity (Wildman–Crippen MR) is 99.5 cm³/mol. The molecule has 1 aliphatic heterocycles. The second kappa shape index (κ2) is 7.52. The lowest BCUT2D eigenvalue weighted by Crippen LogP contribution is -2.42. The Labute approximate surface area is 149 Å². The molecule has 1 heterocycles. The van der Waals surface area contributed by atoms with E-state index in [1.165, 1.54) is 12.8 Å². The van der Waals surface area contributed by atoms with Crippen molar-refractivity contribution in [2.45, 2.75) is 52.1 Å². The minimum absolute atomic E-state index is 0.120. The zero-order chi connectivity index (χ0) is 17.1. The minimum Gasteiger partial charge on any atom is -0.332 e. The molecule has 0 radical (unpaired) electrons. The standard InChI is InChI=1S/C20H25ClN2O/c1-14-7-9-18(10-8-14)23(13-16-5-3-4-6-19(16)21)20(24)17-11-15(2)22-12-17/h3-6,11,14,18H,7-10,12-13H2,1-2H3. The summed E-state index contributed by atoms with van der Waals surface area (Å²) in [5, 5.41) is 0.729. The van der Waals surface area contributed by atoms with E-state index in [-0.39, 0.29) is 5.91 Å². The molecule has 0 atom stereocenters. The number of carbonyl (C=O) groups is 1. The third-order valence-corrected chi connectivity index (χ3v) is 5.51. The smallest absolute Gasteiger partial charge is 0.252 e. The van der Waals surface area contributed by atoms with Crippen LogP contribution in [0.2, 0.25) is 5.02 Å². The molecule has 1 saturated carbocycles. The third kappa shape index (κ3) is 3.89. The Hall–Kier alpha value is -1.61. The van der Waals surface area contributed by atoms with E-state index in [0.29, 0.717) is 19.1 Å².